The van der Waals surface area contributed by atoms with Gasteiger partial charge in [-0.25, -0.2) is 4.98 Å². The van der Waals surface area contributed by atoms with Crippen LogP contribution in [0.5, 0.6) is 0 Å². The number of carbonyl (C=O) groups is 1. The fourth-order valence-corrected chi connectivity index (χ4v) is 2.10. The van der Waals surface area contributed by atoms with Gasteiger partial charge in [0.25, 0.3) is 0 Å². The van der Waals surface area contributed by atoms with Crippen LogP contribution in [0, 0.1) is 0 Å². The van der Waals surface area contributed by atoms with Gasteiger partial charge in [-0.05, 0) is 18.6 Å². The second kappa shape index (κ2) is 6.10. The summed E-state index contributed by atoms with van der Waals surface area (Å²) in [5.74, 6) is 0.319. The highest BCUT2D eigenvalue weighted by Crippen LogP contribution is 2.18. The number of hydrogen-bond donors (Lipinski definition) is 2. The Labute approximate surface area is 118 Å². The summed E-state index contributed by atoms with van der Waals surface area (Å²) in [6, 6.07) is 7.57. The molecule has 0 aliphatic rings. The number of amides is 1. The van der Waals surface area contributed by atoms with Crippen LogP contribution < -0.4 is 16.4 Å². The SMILES string of the molecule is CCn1ccnc1N(CC(N)=O)Cc1ccccc1N. The molecular formula is C14H19N5O. The predicted molar refractivity (Wildman–Crippen MR) is 79.0 cm³/mol. The van der Waals surface area contributed by atoms with Crippen LogP contribution in [0.1, 0.15) is 12.5 Å². The summed E-state index contributed by atoms with van der Waals surface area (Å²) in [7, 11) is 0. The van der Waals surface area contributed by atoms with Crippen LogP contribution in [0.2, 0.25) is 0 Å². The number of rotatable bonds is 6. The van der Waals surface area contributed by atoms with Crippen molar-refractivity contribution in [1.29, 1.82) is 0 Å². The van der Waals surface area contributed by atoms with Gasteiger partial charge in [0.2, 0.25) is 11.9 Å². The molecule has 0 fully saturated rings. The van der Waals surface area contributed by atoms with E-state index in [1.807, 2.05) is 46.9 Å². The number of nitrogen functional groups attached to an aromatic ring is 1. The van der Waals surface area contributed by atoms with E-state index in [4.69, 9.17) is 11.5 Å². The molecule has 6 nitrogen and oxygen atoms in total. The van der Waals surface area contributed by atoms with Gasteiger partial charge in [0, 0.05) is 31.2 Å². The number of benzene rings is 1. The minimum atomic E-state index is -0.398. The number of carbonyl (C=O) groups excluding carboxylic acids is 1. The van der Waals surface area contributed by atoms with E-state index in [0.717, 1.165) is 18.1 Å². The van der Waals surface area contributed by atoms with Crippen molar-refractivity contribution >= 4 is 17.5 Å². The molecule has 1 aromatic heterocycles. The third kappa shape index (κ3) is 3.09. The normalized spacial score (nSPS) is 10.4. The average Bonchev–Trinajstić information content (AvgIpc) is 2.88. The minimum Gasteiger partial charge on any atom is -0.398 e. The van der Waals surface area contributed by atoms with E-state index in [1.165, 1.54) is 0 Å². The standard InChI is InChI=1S/C14H19N5O/c1-2-18-8-7-17-14(18)19(10-13(16)20)9-11-5-3-4-6-12(11)15/h3-8H,2,9-10,15H2,1H3,(H2,16,20). The molecule has 6 heteroatoms. The topological polar surface area (TPSA) is 90.2 Å². The van der Waals surface area contributed by atoms with E-state index in [9.17, 15) is 4.79 Å². The summed E-state index contributed by atoms with van der Waals surface area (Å²) in [6.45, 7) is 3.39. The molecule has 0 atom stereocenters. The van der Waals surface area contributed by atoms with Gasteiger partial charge >= 0.3 is 0 Å². The first-order valence-corrected chi connectivity index (χ1v) is 6.49. The van der Waals surface area contributed by atoms with Crippen LogP contribution in [0.4, 0.5) is 11.6 Å². The molecule has 1 amide bonds. The number of para-hydroxylation sites is 1. The molecule has 0 spiro atoms. The van der Waals surface area contributed by atoms with E-state index in [2.05, 4.69) is 4.98 Å². The molecule has 0 saturated carbocycles. The average molecular weight is 273 g/mol. The van der Waals surface area contributed by atoms with Gasteiger partial charge in [0.05, 0.1) is 6.54 Å². The molecule has 0 aliphatic heterocycles. The number of imidazole rings is 1. The zero-order chi connectivity index (χ0) is 14.5. The van der Waals surface area contributed by atoms with E-state index in [0.29, 0.717) is 12.2 Å². The molecule has 20 heavy (non-hydrogen) atoms. The quantitative estimate of drug-likeness (QED) is 0.768. The Morgan fingerprint density at radius 2 is 2.15 bits per heavy atom. The van der Waals surface area contributed by atoms with Crippen molar-refractivity contribution in [3.63, 3.8) is 0 Å². The minimum absolute atomic E-state index is 0.103. The zero-order valence-corrected chi connectivity index (χ0v) is 11.5. The number of nitrogens with two attached hydrogens (primary N) is 2. The molecule has 0 aliphatic carbocycles. The summed E-state index contributed by atoms with van der Waals surface area (Å²) in [4.78, 5) is 17.4. The highest BCUT2D eigenvalue weighted by Gasteiger charge is 2.15. The lowest BCUT2D eigenvalue weighted by molar-refractivity contribution is -0.116. The van der Waals surface area contributed by atoms with Gasteiger partial charge in [0.1, 0.15) is 0 Å². The summed E-state index contributed by atoms with van der Waals surface area (Å²) in [6.07, 6.45) is 3.58. The van der Waals surface area contributed by atoms with Crippen molar-refractivity contribution < 1.29 is 4.79 Å². The Kier molecular flexibility index (Phi) is 4.24. The number of primary amides is 1. The van der Waals surface area contributed by atoms with Crippen molar-refractivity contribution in [3.05, 3.63) is 42.2 Å². The van der Waals surface area contributed by atoms with Gasteiger partial charge < -0.3 is 20.9 Å². The van der Waals surface area contributed by atoms with Crippen molar-refractivity contribution in [2.24, 2.45) is 5.73 Å². The highest BCUT2D eigenvalue weighted by molar-refractivity contribution is 5.79. The summed E-state index contributed by atoms with van der Waals surface area (Å²) < 4.78 is 1.96. The number of aromatic nitrogens is 2. The number of aryl methyl sites for hydroxylation is 1. The Morgan fingerprint density at radius 3 is 2.80 bits per heavy atom. The first-order chi connectivity index (χ1) is 9.61. The maximum atomic E-state index is 11.3. The summed E-state index contributed by atoms with van der Waals surface area (Å²) >= 11 is 0. The van der Waals surface area contributed by atoms with Crippen LogP contribution in [-0.2, 0) is 17.9 Å². The predicted octanol–water partition coefficient (Wildman–Crippen LogP) is 0.977. The monoisotopic (exact) mass is 273 g/mol. The molecule has 106 valence electrons. The van der Waals surface area contributed by atoms with Crippen molar-refractivity contribution in [2.45, 2.75) is 20.0 Å². The first-order valence-electron chi connectivity index (χ1n) is 6.49. The van der Waals surface area contributed by atoms with Crippen LogP contribution in [0.15, 0.2) is 36.7 Å². The van der Waals surface area contributed by atoms with Gasteiger partial charge in [-0.2, -0.15) is 0 Å². The fraction of sp³-hybridized carbons (Fsp3) is 0.286. The Morgan fingerprint density at radius 1 is 1.40 bits per heavy atom. The third-order valence-electron chi connectivity index (χ3n) is 3.08. The number of hydrogen-bond acceptors (Lipinski definition) is 4. The first kappa shape index (κ1) is 13.9. The molecule has 0 saturated heterocycles. The van der Waals surface area contributed by atoms with Crippen molar-refractivity contribution in [1.82, 2.24) is 9.55 Å². The molecule has 1 aromatic carbocycles. The molecule has 1 heterocycles. The maximum Gasteiger partial charge on any atom is 0.237 e. The Hall–Kier alpha value is -2.50. The molecule has 2 rings (SSSR count). The number of nitrogens with zero attached hydrogens (tertiary/aromatic N) is 3. The van der Waals surface area contributed by atoms with Crippen molar-refractivity contribution in [2.75, 3.05) is 17.2 Å². The lowest BCUT2D eigenvalue weighted by Gasteiger charge is -2.23. The van der Waals surface area contributed by atoms with Crippen molar-refractivity contribution in [3.8, 4) is 0 Å². The molecular weight excluding hydrogens is 254 g/mol. The van der Waals surface area contributed by atoms with Gasteiger partial charge in [-0.1, -0.05) is 18.2 Å². The van der Waals surface area contributed by atoms with E-state index in [-0.39, 0.29) is 6.54 Å². The molecule has 0 radical (unpaired) electrons. The molecule has 0 bridgehead atoms. The van der Waals surface area contributed by atoms with Gasteiger partial charge in [-0.15, -0.1) is 0 Å². The van der Waals surface area contributed by atoms with Crippen LogP contribution in [0.25, 0.3) is 0 Å². The summed E-state index contributed by atoms with van der Waals surface area (Å²) in [5, 5.41) is 0. The van der Waals surface area contributed by atoms with Gasteiger partial charge in [0.15, 0.2) is 0 Å². The lowest BCUT2D eigenvalue weighted by atomic mass is 10.1. The van der Waals surface area contributed by atoms with E-state index < -0.39 is 5.91 Å². The summed E-state index contributed by atoms with van der Waals surface area (Å²) in [5.41, 5.74) is 12.9. The van der Waals surface area contributed by atoms with Crippen LogP contribution >= 0.6 is 0 Å². The molecule has 0 unspecified atom stereocenters. The van der Waals surface area contributed by atoms with E-state index >= 15 is 0 Å². The smallest absolute Gasteiger partial charge is 0.237 e. The Bertz CT molecular complexity index is 593. The number of anilines is 2. The van der Waals surface area contributed by atoms with Crippen LogP contribution in [0.3, 0.4) is 0 Å². The van der Waals surface area contributed by atoms with E-state index in [1.54, 1.807) is 6.20 Å². The highest BCUT2D eigenvalue weighted by atomic mass is 16.1. The van der Waals surface area contributed by atoms with Gasteiger partial charge in [-0.3, -0.25) is 4.79 Å². The maximum absolute atomic E-state index is 11.3. The fourth-order valence-electron chi connectivity index (χ4n) is 2.10. The second-order valence-corrected chi connectivity index (χ2v) is 4.53. The molecule has 2 aromatic rings. The van der Waals surface area contributed by atoms with Crippen LogP contribution in [-0.4, -0.2) is 22.0 Å². The lowest BCUT2D eigenvalue weighted by Crippen LogP contribution is -2.35. The largest absolute Gasteiger partial charge is 0.398 e. The zero-order valence-electron chi connectivity index (χ0n) is 11.5. The molecule has 4 N–H and O–H groups in total. The third-order valence-corrected chi connectivity index (χ3v) is 3.08. The second-order valence-electron chi connectivity index (χ2n) is 4.53. The Balaban J connectivity index is 2.29.